The van der Waals surface area contributed by atoms with E-state index in [1.54, 1.807) is 0 Å². The zero-order valence-corrected chi connectivity index (χ0v) is 7.84. The van der Waals surface area contributed by atoms with Gasteiger partial charge < -0.3 is 4.74 Å². The molecule has 0 atom stereocenters. The van der Waals surface area contributed by atoms with Crippen LogP contribution in [0.15, 0.2) is 12.2 Å². The number of morpholine rings is 1. The number of amides is 2. The standard InChI is InChI=1S/C8H10ClNO3/c1-6(2-9)3-10-7(11)4-13-5-8(10)12/h1-5H2. The molecule has 0 unspecified atom stereocenters. The molecule has 0 aromatic heterocycles. The molecule has 0 saturated carbocycles. The van der Waals surface area contributed by atoms with Crippen molar-refractivity contribution in [2.45, 2.75) is 0 Å². The van der Waals surface area contributed by atoms with E-state index in [1.165, 1.54) is 0 Å². The van der Waals surface area contributed by atoms with Crippen LogP contribution in [0.25, 0.3) is 0 Å². The molecule has 4 nitrogen and oxygen atoms in total. The van der Waals surface area contributed by atoms with Gasteiger partial charge in [-0.3, -0.25) is 14.5 Å². The Kier molecular flexibility index (Phi) is 3.45. The Balaban J connectivity index is 2.59. The minimum Gasteiger partial charge on any atom is -0.362 e. The number of halogens is 1. The fourth-order valence-corrected chi connectivity index (χ4v) is 1.05. The zero-order valence-electron chi connectivity index (χ0n) is 7.09. The highest BCUT2D eigenvalue weighted by atomic mass is 35.5. The summed E-state index contributed by atoms with van der Waals surface area (Å²) in [6.07, 6.45) is 0. The summed E-state index contributed by atoms with van der Waals surface area (Å²) in [4.78, 5) is 23.4. The van der Waals surface area contributed by atoms with Crippen LogP contribution in [0.2, 0.25) is 0 Å². The number of hydrogen-bond acceptors (Lipinski definition) is 3. The van der Waals surface area contributed by atoms with E-state index in [4.69, 9.17) is 16.3 Å². The first kappa shape index (κ1) is 10.2. The lowest BCUT2D eigenvalue weighted by molar-refractivity contribution is -0.157. The predicted molar refractivity (Wildman–Crippen MR) is 47.4 cm³/mol. The van der Waals surface area contributed by atoms with Crippen LogP contribution in [-0.2, 0) is 14.3 Å². The molecule has 5 heteroatoms. The van der Waals surface area contributed by atoms with Crippen molar-refractivity contribution in [3.63, 3.8) is 0 Å². The smallest absolute Gasteiger partial charge is 0.255 e. The molecular weight excluding hydrogens is 194 g/mol. The van der Waals surface area contributed by atoms with Crippen LogP contribution in [0.5, 0.6) is 0 Å². The Bertz CT molecular complexity index is 236. The summed E-state index contributed by atoms with van der Waals surface area (Å²) >= 11 is 5.49. The maximum Gasteiger partial charge on any atom is 0.255 e. The van der Waals surface area contributed by atoms with E-state index in [2.05, 4.69) is 6.58 Å². The van der Waals surface area contributed by atoms with E-state index in [0.29, 0.717) is 5.57 Å². The van der Waals surface area contributed by atoms with Gasteiger partial charge in [0.15, 0.2) is 0 Å². The van der Waals surface area contributed by atoms with Crippen molar-refractivity contribution in [3.8, 4) is 0 Å². The molecule has 2 amide bonds. The predicted octanol–water partition coefficient (Wildman–Crippen LogP) is 0.167. The third-order valence-corrected chi connectivity index (χ3v) is 2.00. The molecule has 0 aromatic carbocycles. The first-order chi connectivity index (χ1) is 6.15. The number of alkyl halides is 1. The van der Waals surface area contributed by atoms with Crippen LogP contribution < -0.4 is 0 Å². The maximum atomic E-state index is 11.2. The lowest BCUT2D eigenvalue weighted by Crippen LogP contribution is -2.46. The van der Waals surface area contributed by atoms with E-state index in [-0.39, 0.29) is 37.5 Å². The molecule has 1 aliphatic rings. The van der Waals surface area contributed by atoms with Crippen molar-refractivity contribution < 1.29 is 14.3 Å². The highest BCUT2D eigenvalue weighted by molar-refractivity contribution is 6.19. The molecule has 0 aliphatic carbocycles. The first-order valence-corrected chi connectivity index (χ1v) is 4.32. The molecule has 13 heavy (non-hydrogen) atoms. The van der Waals surface area contributed by atoms with Gasteiger partial charge in [0.25, 0.3) is 11.8 Å². The summed E-state index contributed by atoms with van der Waals surface area (Å²) in [6.45, 7) is 3.74. The lowest BCUT2D eigenvalue weighted by Gasteiger charge is -2.25. The van der Waals surface area contributed by atoms with E-state index in [1.807, 2.05) is 0 Å². The summed E-state index contributed by atoms with van der Waals surface area (Å²) in [5.74, 6) is -0.414. The van der Waals surface area contributed by atoms with Crippen LogP contribution in [0, 0.1) is 0 Å². The van der Waals surface area contributed by atoms with Crippen molar-refractivity contribution in [1.29, 1.82) is 0 Å². The Morgan fingerprint density at radius 2 is 2.00 bits per heavy atom. The van der Waals surface area contributed by atoms with Gasteiger partial charge in [-0.05, 0) is 5.57 Å². The van der Waals surface area contributed by atoms with Gasteiger partial charge >= 0.3 is 0 Å². The van der Waals surface area contributed by atoms with Gasteiger partial charge in [-0.25, -0.2) is 0 Å². The van der Waals surface area contributed by atoms with E-state index >= 15 is 0 Å². The van der Waals surface area contributed by atoms with E-state index < -0.39 is 0 Å². The first-order valence-electron chi connectivity index (χ1n) is 3.78. The molecule has 0 bridgehead atoms. The average molecular weight is 204 g/mol. The second kappa shape index (κ2) is 4.39. The summed E-state index contributed by atoms with van der Waals surface area (Å²) in [5.41, 5.74) is 0.644. The molecule has 1 aliphatic heterocycles. The number of carbonyl (C=O) groups excluding carboxylic acids is 2. The highest BCUT2D eigenvalue weighted by Crippen LogP contribution is 2.05. The SMILES string of the molecule is C=C(CCl)CN1C(=O)COCC1=O. The Labute approximate surface area is 81.1 Å². The van der Waals surface area contributed by atoms with Gasteiger partial charge in [0.1, 0.15) is 13.2 Å². The van der Waals surface area contributed by atoms with E-state index in [9.17, 15) is 9.59 Å². The Hall–Kier alpha value is -0.870. The van der Waals surface area contributed by atoms with Crippen LogP contribution >= 0.6 is 11.6 Å². The molecule has 0 N–H and O–H groups in total. The minimum absolute atomic E-state index is 0.0404. The maximum absolute atomic E-state index is 11.2. The number of rotatable bonds is 3. The molecule has 0 aromatic rings. The monoisotopic (exact) mass is 203 g/mol. The topological polar surface area (TPSA) is 46.6 Å². The van der Waals surface area contributed by atoms with Crippen LogP contribution in [0.4, 0.5) is 0 Å². The van der Waals surface area contributed by atoms with Gasteiger partial charge in [-0.2, -0.15) is 0 Å². The molecule has 72 valence electrons. The van der Waals surface area contributed by atoms with Crippen molar-refractivity contribution in [2.75, 3.05) is 25.6 Å². The number of hydrogen-bond donors (Lipinski definition) is 0. The fourth-order valence-electron chi connectivity index (χ4n) is 0.963. The largest absolute Gasteiger partial charge is 0.362 e. The summed E-state index contributed by atoms with van der Waals surface area (Å²) in [7, 11) is 0. The summed E-state index contributed by atoms with van der Waals surface area (Å²) in [5, 5.41) is 0. The minimum atomic E-state index is -0.331. The zero-order chi connectivity index (χ0) is 9.84. The summed E-state index contributed by atoms with van der Waals surface area (Å²) in [6, 6.07) is 0. The molecular formula is C8H10ClNO3. The van der Waals surface area contributed by atoms with Crippen LogP contribution in [-0.4, -0.2) is 42.4 Å². The molecule has 1 heterocycles. The average Bonchev–Trinajstić information content (AvgIpc) is 2.11. The van der Waals surface area contributed by atoms with Gasteiger partial charge in [0, 0.05) is 5.88 Å². The van der Waals surface area contributed by atoms with Crippen LogP contribution in [0.3, 0.4) is 0 Å². The molecule has 1 saturated heterocycles. The quantitative estimate of drug-likeness (QED) is 0.373. The second-order valence-corrected chi connectivity index (χ2v) is 3.02. The number of carbonyl (C=O) groups is 2. The highest BCUT2D eigenvalue weighted by Gasteiger charge is 2.26. The van der Waals surface area contributed by atoms with Gasteiger partial charge in [0.2, 0.25) is 0 Å². The van der Waals surface area contributed by atoms with Gasteiger partial charge in [0.05, 0.1) is 6.54 Å². The van der Waals surface area contributed by atoms with Crippen LogP contribution in [0.1, 0.15) is 0 Å². The third kappa shape index (κ3) is 2.54. The fraction of sp³-hybridized carbons (Fsp3) is 0.500. The Morgan fingerprint density at radius 3 is 2.46 bits per heavy atom. The number of ether oxygens (including phenoxy) is 1. The molecule has 0 radical (unpaired) electrons. The summed E-state index contributed by atoms with van der Waals surface area (Å²) < 4.78 is 4.74. The van der Waals surface area contributed by atoms with Crippen molar-refractivity contribution >= 4 is 23.4 Å². The lowest BCUT2D eigenvalue weighted by atomic mass is 10.3. The normalized spacial score (nSPS) is 17.8. The van der Waals surface area contributed by atoms with Gasteiger partial charge in [-0.15, -0.1) is 11.6 Å². The van der Waals surface area contributed by atoms with Crippen molar-refractivity contribution in [2.24, 2.45) is 0 Å². The van der Waals surface area contributed by atoms with Crippen molar-refractivity contribution in [3.05, 3.63) is 12.2 Å². The number of imide groups is 1. The Morgan fingerprint density at radius 1 is 1.46 bits per heavy atom. The number of nitrogens with zero attached hydrogens (tertiary/aromatic N) is 1. The van der Waals surface area contributed by atoms with Gasteiger partial charge in [-0.1, -0.05) is 6.58 Å². The third-order valence-electron chi connectivity index (χ3n) is 1.62. The molecule has 1 fully saturated rings. The van der Waals surface area contributed by atoms with Crippen molar-refractivity contribution in [1.82, 2.24) is 4.90 Å². The van der Waals surface area contributed by atoms with E-state index in [0.717, 1.165) is 4.90 Å². The second-order valence-electron chi connectivity index (χ2n) is 2.75. The molecule has 0 spiro atoms. The molecule has 1 rings (SSSR count).